The third kappa shape index (κ3) is 2.06. The third-order valence-electron chi connectivity index (χ3n) is 2.37. The molecule has 1 aromatic carbocycles. The molecule has 0 amide bonds. The molecule has 0 bridgehead atoms. The summed E-state index contributed by atoms with van der Waals surface area (Å²) >= 11 is 3.21. The summed E-state index contributed by atoms with van der Waals surface area (Å²) in [6.07, 6.45) is 0. The molecule has 2 heterocycles. The number of nitrogens with zero attached hydrogens (tertiary/aromatic N) is 2. The van der Waals surface area contributed by atoms with Crippen molar-refractivity contribution in [2.45, 2.75) is 0 Å². The first-order valence-corrected chi connectivity index (χ1v) is 5.96. The molecule has 2 aromatic heterocycles. The molecule has 6 heteroatoms. The fraction of sp³-hybridized carbons (Fsp3) is 0. The molecule has 0 aliphatic heterocycles. The van der Waals surface area contributed by atoms with Crippen molar-refractivity contribution in [3.8, 4) is 23.0 Å². The largest absolute Gasteiger partial charge is 0.446 e. The van der Waals surface area contributed by atoms with Gasteiger partial charge in [-0.2, -0.15) is 5.10 Å². The van der Waals surface area contributed by atoms with Crippen molar-refractivity contribution in [3.05, 3.63) is 46.9 Å². The van der Waals surface area contributed by atoms with Crippen LogP contribution in [0.5, 0.6) is 0 Å². The maximum Gasteiger partial charge on any atom is 0.192 e. The zero-order valence-corrected chi connectivity index (χ0v) is 10.6. The molecular formula is C12H7BrFN3O. The van der Waals surface area contributed by atoms with E-state index in [1.54, 1.807) is 24.3 Å². The molecule has 90 valence electrons. The highest BCUT2D eigenvalue weighted by Crippen LogP contribution is 2.24. The molecule has 3 rings (SSSR count). The van der Waals surface area contributed by atoms with Gasteiger partial charge in [0.2, 0.25) is 0 Å². The van der Waals surface area contributed by atoms with Gasteiger partial charge in [0.15, 0.2) is 22.1 Å². The lowest BCUT2D eigenvalue weighted by atomic mass is 10.2. The van der Waals surface area contributed by atoms with Gasteiger partial charge >= 0.3 is 0 Å². The van der Waals surface area contributed by atoms with Gasteiger partial charge in [-0.3, -0.25) is 5.10 Å². The Hall–Kier alpha value is -1.95. The Kier molecular flexibility index (Phi) is 2.71. The van der Waals surface area contributed by atoms with Crippen molar-refractivity contribution >= 4 is 15.9 Å². The van der Waals surface area contributed by atoms with Gasteiger partial charge in [0.25, 0.3) is 0 Å². The Balaban J connectivity index is 1.99. The first kappa shape index (κ1) is 11.2. The van der Waals surface area contributed by atoms with Crippen LogP contribution < -0.4 is 0 Å². The van der Waals surface area contributed by atoms with Gasteiger partial charge in [-0.15, -0.1) is 0 Å². The molecular weight excluding hydrogens is 301 g/mol. The van der Waals surface area contributed by atoms with Crippen LogP contribution in [0.2, 0.25) is 0 Å². The zero-order valence-electron chi connectivity index (χ0n) is 9.02. The number of hydrogen-bond donors (Lipinski definition) is 1. The normalized spacial score (nSPS) is 10.8. The second-order valence-electron chi connectivity index (χ2n) is 3.62. The summed E-state index contributed by atoms with van der Waals surface area (Å²) in [4.78, 5) is 4.26. The van der Waals surface area contributed by atoms with Gasteiger partial charge in [-0.25, -0.2) is 9.37 Å². The van der Waals surface area contributed by atoms with Crippen LogP contribution in [0.1, 0.15) is 0 Å². The van der Waals surface area contributed by atoms with Crippen LogP contribution >= 0.6 is 15.9 Å². The Morgan fingerprint density at radius 2 is 2.11 bits per heavy atom. The Morgan fingerprint density at radius 1 is 1.22 bits per heavy atom. The smallest absolute Gasteiger partial charge is 0.192 e. The standard InChI is InChI=1S/C12H7BrFN3O/c13-10-5-4-9(18-10)12-15-11(16-17-12)7-2-1-3-8(14)6-7/h1-6H,(H,15,16,17). The average Bonchev–Trinajstić information content (AvgIpc) is 2.97. The van der Waals surface area contributed by atoms with E-state index in [4.69, 9.17) is 4.42 Å². The third-order valence-corrected chi connectivity index (χ3v) is 2.80. The van der Waals surface area contributed by atoms with Crippen LogP contribution in [0.4, 0.5) is 4.39 Å². The summed E-state index contributed by atoms with van der Waals surface area (Å²) in [5, 5.41) is 6.79. The summed E-state index contributed by atoms with van der Waals surface area (Å²) in [5.41, 5.74) is 0.614. The fourth-order valence-corrected chi connectivity index (χ4v) is 1.88. The maximum absolute atomic E-state index is 13.1. The van der Waals surface area contributed by atoms with E-state index in [1.807, 2.05) is 0 Å². The van der Waals surface area contributed by atoms with Crippen LogP contribution in [0, 0.1) is 5.82 Å². The van der Waals surface area contributed by atoms with E-state index in [9.17, 15) is 4.39 Å². The molecule has 0 aliphatic rings. The fourth-order valence-electron chi connectivity index (χ4n) is 1.57. The van der Waals surface area contributed by atoms with E-state index in [0.29, 0.717) is 27.6 Å². The number of H-pyrrole nitrogens is 1. The predicted molar refractivity (Wildman–Crippen MR) is 67.2 cm³/mol. The quantitative estimate of drug-likeness (QED) is 0.786. The van der Waals surface area contributed by atoms with E-state index < -0.39 is 0 Å². The molecule has 18 heavy (non-hydrogen) atoms. The predicted octanol–water partition coefficient (Wildman–Crippen LogP) is 3.63. The van der Waals surface area contributed by atoms with Gasteiger partial charge < -0.3 is 4.42 Å². The lowest BCUT2D eigenvalue weighted by Gasteiger charge is -1.93. The topological polar surface area (TPSA) is 54.7 Å². The van der Waals surface area contributed by atoms with Crippen molar-refractivity contribution in [2.24, 2.45) is 0 Å². The van der Waals surface area contributed by atoms with Crippen LogP contribution in [0.3, 0.4) is 0 Å². The highest BCUT2D eigenvalue weighted by molar-refractivity contribution is 9.10. The molecule has 0 aliphatic carbocycles. The minimum absolute atomic E-state index is 0.320. The lowest BCUT2D eigenvalue weighted by Crippen LogP contribution is -1.82. The van der Waals surface area contributed by atoms with Crippen LogP contribution in [-0.4, -0.2) is 15.2 Å². The highest BCUT2D eigenvalue weighted by Gasteiger charge is 2.11. The molecule has 0 fully saturated rings. The summed E-state index contributed by atoms with van der Waals surface area (Å²) in [5.74, 6) is 1.17. The molecule has 0 saturated carbocycles. The van der Waals surface area contributed by atoms with E-state index in [2.05, 4.69) is 31.1 Å². The van der Waals surface area contributed by atoms with Crippen molar-refractivity contribution in [1.29, 1.82) is 0 Å². The zero-order chi connectivity index (χ0) is 12.5. The lowest BCUT2D eigenvalue weighted by molar-refractivity contribution is 0.551. The van der Waals surface area contributed by atoms with E-state index in [-0.39, 0.29) is 5.82 Å². The number of halogens is 2. The SMILES string of the molecule is Fc1cccc(-c2n[nH]c(-c3ccc(Br)o3)n2)c1. The second-order valence-corrected chi connectivity index (χ2v) is 4.40. The highest BCUT2D eigenvalue weighted by atomic mass is 79.9. The average molecular weight is 308 g/mol. The minimum Gasteiger partial charge on any atom is -0.446 e. The van der Waals surface area contributed by atoms with Crippen molar-refractivity contribution in [2.75, 3.05) is 0 Å². The first-order valence-electron chi connectivity index (χ1n) is 5.16. The molecule has 0 spiro atoms. The van der Waals surface area contributed by atoms with Gasteiger partial charge in [0.1, 0.15) is 5.82 Å². The molecule has 1 N–H and O–H groups in total. The number of benzene rings is 1. The molecule has 0 saturated heterocycles. The molecule has 0 atom stereocenters. The summed E-state index contributed by atoms with van der Waals surface area (Å²) in [7, 11) is 0. The van der Waals surface area contributed by atoms with Crippen molar-refractivity contribution < 1.29 is 8.81 Å². The minimum atomic E-state index is -0.320. The summed E-state index contributed by atoms with van der Waals surface area (Å²) < 4.78 is 19.1. The van der Waals surface area contributed by atoms with Gasteiger partial charge in [-0.1, -0.05) is 12.1 Å². The number of nitrogens with one attached hydrogen (secondary N) is 1. The van der Waals surface area contributed by atoms with E-state index in [0.717, 1.165) is 0 Å². The van der Waals surface area contributed by atoms with Crippen molar-refractivity contribution in [1.82, 2.24) is 15.2 Å². The van der Waals surface area contributed by atoms with Crippen LogP contribution in [0.25, 0.3) is 23.0 Å². The molecule has 4 nitrogen and oxygen atoms in total. The molecule has 0 radical (unpaired) electrons. The van der Waals surface area contributed by atoms with Gasteiger partial charge in [-0.05, 0) is 40.2 Å². The summed E-state index contributed by atoms with van der Waals surface area (Å²) in [6, 6.07) is 9.64. The van der Waals surface area contributed by atoms with E-state index >= 15 is 0 Å². The van der Waals surface area contributed by atoms with Crippen LogP contribution in [0.15, 0.2) is 45.5 Å². The second kappa shape index (κ2) is 4.38. The monoisotopic (exact) mass is 307 g/mol. The summed E-state index contributed by atoms with van der Waals surface area (Å²) in [6.45, 7) is 0. The maximum atomic E-state index is 13.1. The number of rotatable bonds is 2. The Morgan fingerprint density at radius 3 is 2.83 bits per heavy atom. The first-order chi connectivity index (χ1) is 8.72. The molecule has 3 aromatic rings. The Bertz CT molecular complexity index is 692. The van der Waals surface area contributed by atoms with Gasteiger partial charge in [0.05, 0.1) is 0 Å². The molecule has 0 unspecified atom stereocenters. The van der Waals surface area contributed by atoms with Crippen molar-refractivity contribution in [3.63, 3.8) is 0 Å². The van der Waals surface area contributed by atoms with E-state index in [1.165, 1.54) is 12.1 Å². The number of aromatic nitrogens is 3. The number of furan rings is 1. The number of aromatic amines is 1. The Labute approximate surface area is 110 Å². The van der Waals surface area contributed by atoms with Crippen LogP contribution in [-0.2, 0) is 0 Å². The van der Waals surface area contributed by atoms with Gasteiger partial charge in [0, 0.05) is 5.56 Å². The number of hydrogen-bond acceptors (Lipinski definition) is 3.